The van der Waals surface area contributed by atoms with Crippen LogP contribution in [0.25, 0.3) is 0 Å². The molecule has 1 heterocycles. The van der Waals surface area contributed by atoms with Crippen LogP contribution in [-0.4, -0.2) is 12.5 Å². The van der Waals surface area contributed by atoms with Crippen molar-refractivity contribution in [1.82, 2.24) is 5.32 Å². The maximum Gasteiger partial charge on any atom is 0.246 e. The van der Waals surface area contributed by atoms with E-state index in [1.807, 2.05) is 0 Å². The molecular formula is C8H13NO. The number of amides is 1. The van der Waals surface area contributed by atoms with Crippen molar-refractivity contribution < 1.29 is 4.79 Å². The Hall–Kier alpha value is -0.790. The standard InChI is InChI=1S/C8H13NO/c1-7-5-3-2-4-6-9-8(7)10/h1-6H2,(H,9,10). The molecule has 0 aromatic carbocycles. The summed E-state index contributed by atoms with van der Waals surface area (Å²) < 4.78 is 0. The van der Waals surface area contributed by atoms with Gasteiger partial charge in [-0.2, -0.15) is 0 Å². The fourth-order valence-corrected chi connectivity index (χ4v) is 1.08. The van der Waals surface area contributed by atoms with Gasteiger partial charge in [-0.05, 0) is 19.3 Å². The maximum atomic E-state index is 11.0. The number of carbonyl (C=O) groups is 1. The zero-order chi connectivity index (χ0) is 7.40. The molecule has 2 nitrogen and oxygen atoms in total. The molecular weight excluding hydrogens is 126 g/mol. The Morgan fingerprint density at radius 1 is 1.30 bits per heavy atom. The average Bonchev–Trinajstić information content (AvgIpc) is 1.92. The summed E-state index contributed by atoms with van der Waals surface area (Å²) in [5, 5.41) is 2.80. The van der Waals surface area contributed by atoms with Crippen molar-refractivity contribution in [2.45, 2.75) is 25.7 Å². The highest BCUT2D eigenvalue weighted by atomic mass is 16.1. The first kappa shape index (κ1) is 7.32. The van der Waals surface area contributed by atoms with Crippen molar-refractivity contribution in [2.24, 2.45) is 0 Å². The second-order valence-corrected chi connectivity index (χ2v) is 2.67. The predicted octanol–water partition coefficient (Wildman–Crippen LogP) is 1.23. The van der Waals surface area contributed by atoms with E-state index < -0.39 is 0 Å². The molecule has 1 rings (SSSR count). The molecule has 0 bridgehead atoms. The van der Waals surface area contributed by atoms with Gasteiger partial charge in [-0.1, -0.05) is 13.0 Å². The summed E-state index contributed by atoms with van der Waals surface area (Å²) >= 11 is 0. The first-order valence-corrected chi connectivity index (χ1v) is 3.76. The molecule has 0 unspecified atom stereocenters. The molecule has 1 aliphatic rings. The van der Waals surface area contributed by atoms with E-state index in [4.69, 9.17) is 0 Å². The number of carbonyl (C=O) groups excluding carboxylic acids is 1. The van der Waals surface area contributed by atoms with Gasteiger partial charge in [0.05, 0.1) is 0 Å². The van der Waals surface area contributed by atoms with Crippen LogP contribution in [0, 0.1) is 0 Å². The van der Waals surface area contributed by atoms with Gasteiger partial charge in [0.1, 0.15) is 0 Å². The largest absolute Gasteiger partial charge is 0.352 e. The van der Waals surface area contributed by atoms with E-state index in [1.54, 1.807) is 0 Å². The van der Waals surface area contributed by atoms with Crippen LogP contribution in [0.4, 0.5) is 0 Å². The number of nitrogens with one attached hydrogen (secondary N) is 1. The van der Waals surface area contributed by atoms with Gasteiger partial charge in [-0.15, -0.1) is 0 Å². The van der Waals surface area contributed by atoms with E-state index >= 15 is 0 Å². The first-order valence-electron chi connectivity index (χ1n) is 3.76. The molecule has 1 fully saturated rings. The number of hydrogen-bond acceptors (Lipinski definition) is 1. The lowest BCUT2D eigenvalue weighted by Gasteiger charge is -2.10. The minimum Gasteiger partial charge on any atom is -0.352 e. The topological polar surface area (TPSA) is 29.1 Å². The highest BCUT2D eigenvalue weighted by Gasteiger charge is 2.07. The van der Waals surface area contributed by atoms with Gasteiger partial charge >= 0.3 is 0 Å². The van der Waals surface area contributed by atoms with Crippen LogP contribution in [0.3, 0.4) is 0 Å². The van der Waals surface area contributed by atoms with E-state index in [2.05, 4.69) is 11.9 Å². The monoisotopic (exact) mass is 139 g/mol. The van der Waals surface area contributed by atoms with Crippen molar-refractivity contribution >= 4 is 5.91 Å². The molecule has 56 valence electrons. The van der Waals surface area contributed by atoms with Gasteiger partial charge in [0.25, 0.3) is 0 Å². The van der Waals surface area contributed by atoms with Crippen LogP contribution in [0.5, 0.6) is 0 Å². The molecule has 10 heavy (non-hydrogen) atoms. The smallest absolute Gasteiger partial charge is 0.246 e. The third kappa shape index (κ3) is 1.87. The molecule has 0 aromatic heterocycles. The van der Waals surface area contributed by atoms with E-state index in [-0.39, 0.29) is 5.91 Å². The fourth-order valence-electron chi connectivity index (χ4n) is 1.08. The lowest BCUT2D eigenvalue weighted by molar-refractivity contribution is -0.117. The van der Waals surface area contributed by atoms with E-state index in [0.717, 1.165) is 31.4 Å². The Morgan fingerprint density at radius 3 is 2.90 bits per heavy atom. The van der Waals surface area contributed by atoms with Gasteiger partial charge < -0.3 is 5.32 Å². The van der Waals surface area contributed by atoms with Gasteiger partial charge in [0, 0.05) is 12.1 Å². The molecule has 1 saturated heterocycles. The minimum absolute atomic E-state index is 0.0414. The molecule has 1 amide bonds. The maximum absolute atomic E-state index is 11.0. The zero-order valence-corrected chi connectivity index (χ0v) is 6.15. The Labute approximate surface area is 61.3 Å². The van der Waals surface area contributed by atoms with E-state index in [9.17, 15) is 4.79 Å². The van der Waals surface area contributed by atoms with Gasteiger partial charge in [-0.3, -0.25) is 4.79 Å². The van der Waals surface area contributed by atoms with E-state index in [0.29, 0.717) is 0 Å². The minimum atomic E-state index is 0.0414. The molecule has 0 aromatic rings. The second kappa shape index (κ2) is 3.40. The summed E-state index contributed by atoms with van der Waals surface area (Å²) in [4.78, 5) is 11.0. The SMILES string of the molecule is C=C1CCCCCNC1=O. The van der Waals surface area contributed by atoms with Crippen LogP contribution in [0.15, 0.2) is 12.2 Å². The Balaban J connectivity index is 2.43. The second-order valence-electron chi connectivity index (χ2n) is 2.67. The summed E-state index contributed by atoms with van der Waals surface area (Å²) in [6.45, 7) is 4.50. The van der Waals surface area contributed by atoms with Crippen LogP contribution >= 0.6 is 0 Å². The molecule has 0 spiro atoms. The molecule has 0 saturated carbocycles. The van der Waals surface area contributed by atoms with Crippen molar-refractivity contribution in [3.05, 3.63) is 12.2 Å². The predicted molar refractivity (Wildman–Crippen MR) is 40.6 cm³/mol. The third-order valence-electron chi connectivity index (χ3n) is 1.76. The van der Waals surface area contributed by atoms with Crippen LogP contribution in [0.1, 0.15) is 25.7 Å². The summed E-state index contributed by atoms with van der Waals surface area (Å²) in [6, 6.07) is 0. The molecule has 1 aliphatic heterocycles. The first-order chi connectivity index (χ1) is 4.80. The molecule has 0 aliphatic carbocycles. The summed E-state index contributed by atoms with van der Waals surface area (Å²) in [5.74, 6) is 0.0414. The quantitative estimate of drug-likeness (QED) is 0.502. The van der Waals surface area contributed by atoms with Crippen LogP contribution < -0.4 is 5.32 Å². The van der Waals surface area contributed by atoms with Gasteiger partial charge in [0.15, 0.2) is 0 Å². The lowest BCUT2D eigenvalue weighted by Crippen LogP contribution is -2.27. The van der Waals surface area contributed by atoms with Crippen molar-refractivity contribution in [2.75, 3.05) is 6.54 Å². The Kier molecular flexibility index (Phi) is 2.49. The van der Waals surface area contributed by atoms with Crippen molar-refractivity contribution in [1.29, 1.82) is 0 Å². The van der Waals surface area contributed by atoms with Crippen LogP contribution in [-0.2, 0) is 4.79 Å². The van der Waals surface area contributed by atoms with Crippen molar-refractivity contribution in [3.63, 3.8) is 0 Å². The fraction of sp³-hybridized carbons (Fsp3) is 0.625. The van der Waals surface area contributed by atoms with Gasteiger partial charge in [-0.25, -0.2) is 0 Å². The van der Waals surface area contributed by atoms with Crippen molar-refractivity contribution in [3.8, 4) is 0 Å². The van der Waals surface area contributed by atoms with Gasteiger partial charge in [0.2, 0.25) is 5.91 Å². The van der Waals surface area contributed by atoms with E-state index in [1.165, 1.54) is 6.42 Å². The molecule has 0 atom stereocenters. The summed E-state index contributed by atoms with van der Waals surface area (Å²) in [6.07, 6.45) is 4.30. The highest BCUT2D eigenvalue weighted by Crippen LogP contribution is 2.09. The molecule has 0 radical (unpaired) electrons. The zero-order valence-electron chi connectivity index (χ0n) is 6.15. The number of hydrogen-bond donors (Lipinski definition) is 1. The Morgan fingerprint density at radius 2 is 2.10 bits per heavy atom. The molecule has 2 heteroatoms. The lowest BCUT2D eigenvalue weighted by atomic mass is 10.1. The number of rotatable bonds is 0. The normalized spacial score (nSPS) is 21.2. The Bertz CT molecular complexity index is 133. The molecule has 1 N–H and O–H groups in total. The third-order valence-corrected chi connectivity index (χ3v) is 1.76. The van der Waals surface area contributed by atoms with Crippen LogP contribution in [0.2, 0.25) is 0 Å². The average molecular weight is 139 g/mol. The summed E-state index contributed by atoms with van der Waals surface area (Å²) in [5.41, 5.74) is 0.736. The highest BCUT2D eigenvalue weighted by molar-refractivity contribution is 5.92. The summed E-state index contributed by atoms with van der Waals surface area (Å²) in [7, 11) is 0.